The molecule has 0 aromatic rings. The van der Waals surface area contributed by atoms with Gasteiger partial charge in [-0.1, -0.05) is 18.2 Å². The number of hydrogen-bond donors (Lipinski definition) is 0. The Kier molecular flexibility index (Phi) is 7.77. The minimum absolute atomic E-state index is 0.336. The van der Waals surface area contributed by atoms with Gasteiger partial charge >= 0.3 is 7.60 Å². The van der Waals surface area contributed by atoms with Crippen molar-refractivity contribution in [3.05, 3.63) is 24.8 Å². The number of hydrogen-bond acceptors (Lipinski definition) is 3. The summed E-state index contributed by atoms with van der Waals surface area (Å²) in [5.74, 6) is 0. The lowest BCUT2D eigenvalue weighted by Gasteiger charge is -2.14. The predicted octanol–water partition coefficient (Wildman–Crippen LogP) is 3.38. The largest absolute Gasteiger partial charge is 0.334 e. The maximum atomic E-state index is 11.9. The minimum Gasteiger partial charge on any atom is -0.309 e. The van der Waals surface area contributed by atoms with Gasteiger partial charge in [-0.2, -0.15) is 0 Å². The maximum absolute atomic E-state index is 11.9. The summed E-state index contributed by atoms with van der Waals surface area (Å²) in [4.78, 5) is 0. The summed E-state index contributed by atoms with van der Waals surface area (Å²) >= 11 is 0. The first-order valence-electron chi connectivity index (χ1n) is 4.82. The van der Waals surface area contributed by atoms with Crippen LogP contribution in [0.5, 0.6) is 0 Å². The zero-order valence-corrected chi connectivity index (χ0v) is 9.83. The molecule has 3 nitrogen and oxygen atoms in total. The van der Waals surface area contributed by atoms with E-state index in [2.05, 4.69) is 6.58 Å². The van der Waals surface area contributed by atoms with Crippen molar-refractivity contribution in [2.45, 2.75) is 20.3 Å². The van der Waals surface area contributed by atoms with Crippen LogP contribution >= 0.6 is 7.60 Å². The molecule has 4 heteroatoms. The highest BCUT2D eigenvalue weighted by molar-refractivity contribution is 7.54. The molecule has 0 aliphatic heterocycles. The summed E-state index contributed by atoms with van der Waals surface area (Å²) in [6, 6.07) is 0. The van der Waals surface area contributed by atoms with Crippen LogP contribution in [0.4, 0.5) is 0 Å². The van der Waals surface area contributed by atoms with Crippen molar-refractivity contribution in [1.29, 1.82) is 0 Å². The van der Waals surface area contributed by atoms with Crippen LogP contribution in [0.25, 0.3) is 0 Å². The average molecular weight is 218 g/mol. The van der Waals surface area contributed by atoms with Crippen LogP contribution in [0.1, 0.15) is 20.3 Å². The van der Waals surface area contributed by atoms with Crippen LogP contribution in [0, 0.1) is 0 Å². The third-order valence-electron chi connectivity index (χ3n) is 1.45. The third kappa shape index (κ3) is 6.14. The Bertz CT molecular complexity index is 213. The maximum Gasteiger partial charge on any atom is 0.334 e. The van der Waals surface area contributed by atoms with E-state index in [9.17, 15) is 4.57 Å². The molecule has 0 N–H and O–H groups in total. The summed E-state index contributed by atoms with van der Waals surface area (Å²) in [5, 5.41) is 0. The van der Waals surface area contributed by atoms with Crippen LogP contribution in [0.3, 0.4) is 0 Å². The van der Waals surface area contributed by atoms with Crippen molar-refractivity contribution in [2.75, 3.05) is 19.4 Å². The first kappa shape index (κ1) is 13.6. The average Bonchev–Trinajstić information content (AvgIpc) is 2.13. The quantitative estimate of drug-likeness (QED) is 0.462. The fraction of sp³-hybridized carbons (Fsp3) is 0.600. The molecule has 0 saturated heterocycles. The highest BCUT2D eigenvalue weighted by Gasteiger charge is 2.20. The van der Waals surface area contributed by atoms with E-state index in [-0.39, 0.29) is 0 Å². The Morgan fingerprint density at radius 1 is 1.21 bits per heavy atom. The second kappa shape index (κ2) is 7.98. The van der Waals surface area contributed by atoms with Crippen molar-refractivity contribution < 1.29 is 13.6 Å². The highest BCUT2D eigenvalue weighted by atomic mass is 31.2. The molecule has 0 spiro atoms. The van der Waals surface area contributed by atoms with Gasteiger partial charge in [-0.25, -0.2) is 0 Å². The molecule has 0 bridgehead atoms. The molecule has 0 amide bonds. The molecule has 0 saturated carbocycles. The predicted molar refractivity (Wildman–Crippen MR) is 59.7 cm³/mol. The van der Waals surface area contributed by atoms with Gasteiger partial charge in [0.05, 0.1) is 19.4 Å². The number of allylic oxidation sites excluding steroid dienone is 3. The smallest absolute Gasteiger partial charge is 0.309 e. The van der Waals surface area contributed by atoms with E-state index in [1.165, 1.54) is 0 Å². The van der Waals surface area contributed by atoms with E-state index in [0.717, 1.165) is 6.42 Å². The monoisotopic (exact) mass is 218 g/mol. The van der Waals surface area contributed by atoms with Crippen LogP contribution in [0.2, 0.25) is 0 Å². The van der Waals surface area contributed by atoms with E-state index >= 15 is 0 Å². The van der Waals surface area contributed by atoms with Gasteiger partial charge in [0.15, 0.2) is 0 Å². The molecule has 0 heterocycles. The van der Waals surface area contributed by atoms with Gasteiger partial charge in [0, 0.05) is 0 Å². The molecule has 14 heavy (non-hydrogen) atoms. The molecular weight excluding hydrogens is 199 g/mol. The van der Waals surface area contributed by atoms with Gasteiger partial charge in [0.1, 0.15) is 0 Å². The number of rotatable bonds is 8. The Morgan fingerprint density at radius 2 is 1.79 bits per heavy atom. The van der Waals surface area contributed by atoms with Gasteiger partial charge in [-0.05, 0) is 20.3 Å². The molecule has 0 rings (SSSR count). The zero-order chi connectivity index (χ0) is 10.9. The molecule has 0 atom stereocenters. The van der Waals surface area contributed by atoms with Crippen molar-refractivity contribution >= 4 is 7.60 Å². The lowest BCUT2D eigenvalue weighted by Crippen LogP contribution is -1.98. The molecule has 0 aliphatic rings. The van der Waals surface area contributed by atoms with Gasteiger partial charge in [-0.3, -0.25) is 4.57 Å². The molecule has 0 unspecified atom stereocenters. The Balaban J connectivity index is 4.07. The standard InChI is InChI=1S/C10H19O3P/c1-4-7-8-9-10-14(11,12-5-2)13-6-3/h4,8-9H,1,5-7,10H2,2-3H3. The van der Waals surface area contributed by atoms with Crippen LogP contribution < -0.4 is 0 Å². The molecule has 0 fully saturated rings. The van der Waals surface area contributed by atoms with E-state index < -0.39 is 7.60 Å². The third-order valence-corrected chi connectivity index (χ3v) is 3.41. The summed E-state index contributed by atoms with van der Waals surface area (Å²) in [6.07, 6.45) is 6.61. The van der Waals surface area contributed by atoms with Crippen LogP contribution in [-0.4, -0.2) is 19.4 Å². The lowest BCUT2D eigenvalue weighted by atomic mass is 10.4. The molecule has 0 aromatic carbocycles. The van der Waals surface area contributed by atoms with Gasteiger partial charge in [0.2, 0.25) is 0 Å². The van der Waals surface area contributed by atoms with Gasteiger partial charge in [-0.15, -0.1) is 6.58 Å². The molecule has 0 aromatic heterocycles. The van der Waals surface area contributed by atoms with Crippen LogP contribution in [-0.2, 0) is 13.6 Å². The highest BCUT2D eigenvalue weighted by Crippen LogP contribution is 2.47. The molecule has 0 radical (unpaired) electrons. The second-order valence-corrected chi connectivity index (χ2v) is 4.73. The summed E-state index contributed by atoms with van der Waals surface area (Å²) in [7, 11) is -2.88. The fourth-order valence-electron chi connectivity index (χ4n) is 0.932. The van der Waals surface area contributed by atoms with E-state index in [0.29, 0.717) is 19.4 Å². The first-order chi connectivity index (χ1) is 6.68. The minimum atomic E-state index is -2.88. The molecular formula is C10H19O3P. The van der Waals surface area contributed by atoms with Crippen molar-refractivity contribution in [1.82, 2.24) is 0 Å². The summed E-state index contributed by atoms with van der Waals surface area (Å²) in [5.41, 5.74) is 0. The molecule has 0 aliphatic carbocycles. The summed E-state index contributed by atoms with van der Waals surface area (Å²) < 4.78 is 22.1. The Morgan fingerprint density at radius 3 is 2.21 bits per heavy atom. The van der Waals surface area contributed by atoms with Gasteiger partial charge < -0.3 is 9.05 Å². The Labute approximate surface area is 86.3 Å². The van der Waals surface area contributed by atoms with Gasteiger partial charge in [0.25, 0.3) is 0 Å². The van der Waals surface area contributed by atoms with Crippen molar-refractivity contribution in [2.24, 2.45) is 0 Å². The zero-order valence-electron chi connectivity index (χ0n) is 8.94. The van der Waals surface area contributed by atoms with E-state index in [1.807, 2.05) is 12.2 Å². The summed E-state index contributed by atoms with van der Waals surface area (Å²) in [6.45, 7) is 8.01. The van der Waals surface area contributed by atoms with E-state index in [4.69, 9.17) is 9.05 Å². The first-order valence-corrected chi connectivity index (χ1v) is 6.55. The topological polar surface area (TPSA) is 35.5 Å². The Hall–Kier alpha value is -0.370. The van der Waals surface area contributed by atoms with E-state index in [1.54, 1.807) is 19.9 Å². The fourth-order valence-corrected chi connectivity index (χ4v) is 2.41. The second-order valence-electron chi connectivity index (χ2n) is 2.62. The normalized spacial score (nSPS) is 12.1. The lowest BCUT2D eigenvalue weighted by molar-refractivity contribution is 0.222. The SMILES string of the molecule is C=CCC=CCP(=O)(OCC)OCC. The van der Waals surface area contributed by atoms with Crippen molar-refractivity contribution in [3.8, 4) is 0 Å². The van der Waals surface area contributed by atoms with Crippen molar-refractivity contribution in [3.63, 3.8) is 0 Å². The van der Waals surface area contributed by atoms with Crippen LogP contribution in [0.15, 0.2) is 24.8 Å². The molecule has 82 valence electrons.